The highest BCUT2D eigenvalue weighted by Gasteiger charge is 2.01. The molecule has 0 aliphatic carbocycles. The molecule has 0 saturated heterocycles. The van der Waals surface area contributed by atoms with Gasteiger partial charge in [-0.3, -0.25) is 0 Å². The fourth-order valence-corrected chi connectivity index (χ4v) is 1.52. The number of ether oxygens (including phenoxy) is 1. The standard InChI is InChI=1S/C9H19N3O6S/c1-19(16,17)12-4-2-3-10-9(15)11-5-6-18-7-8(13)14/h12H,2-7H2,1H3,(H,13,14)(H2,10,11,15). The van der Waals surface area contributed by atoms with Crippen molar-refractivity contribution in [3.63, 3.8) is 0 Å². The minimum Gasteiger partial charge on any atom is -0.480 e. The summed E-state index contributed by atoms with van der Waals surface area (Å²) in [5, 5.41) is 13.2. The lowest BCUT2D eigenvalue weighted by molar-refractivity contribution is -0.142. The predicted molar refractivity (Wildman–Crippen MR) is 67.3 cm³/mol. The van der Waals surface area contributed by atoms with Crippen LogP contribution in [0.1, 0.15) is 6.42 Å². The van der Waals surface area contributed by atoms with E-state index in [4.69, 9.17) is 9.84 Å². The highest BCUT2D eigenvalue weighted by atomic mass is 32.2. The van der Waals surface area contributed by atoms with Crippen LogP contribution in [0.25, 0.3) is 0 Å². The summed E-state index contributed by atoms with van der Waals surface area (Å²) in [4.78, 5) is 21.3. The van der Waals surface area contributed by atoms with Gasteiger partial charge in [-0.15, -0.1) is 0 Å². The molecule has 112 valence electrons. The van der Waals surface area contributed by atoms with Crippen LogP contribution in [-0.2, 0) is 19.6 Å². The van der Waals surface area contributed by atoms with Crippen molar-refractivity contribution in [3.05, 3.63) is 0 Å². The van der Waals surface area contributed by atoms with Gasteiger partial charge < -0.3 is 20.5 Å². The maximum absolute atomic E-state index is 11.2. The van der Waals surface area contributed by atoms with Crippen LogP contribution < -0.4 is 15.4 Å². The predicted octanol–water partition coefficient (Wildman–Crippen LogP) is -1.67. The van der Waals surface area contributed by atoms with E-state index < -0.39 is 28.6 Å². The molecule has 0 atom stereocenters. The number of carbonyl (C=O) groups excluding carboxylic acids is 1. The van der Waals surface area contributed by atoms with Gasteiger partial charge in [0.05, 0.1) is 12.9 Å². The Morgan fingerprint density at radius 3 is 2.37 bits per heavy atom. The molecule has 0 heterocycles. The number of aliphatic carboxylic acids is 1. The number of hydrogen-bond donors (Lipinski definition) is 4. The van der Waals surface area contributed by atoms with Crippen LogP contribution in [0.2, 0.25) is 0 Å². The Morgan fingerprint density at radius 1 is 1.16 bits per heavy atom. The van der Waals surface area contributed by atoms with Crippen LogP contribution in [0.15, 0.2) is 0 Å². The van der Waals surface area contributed by atoms with Crippen LogP contribution in [0, 0.1) is 0 Å². The largest absolute Gasteiger partial charge is 0.480 e. The molecule has 9 nitrogen and oxygen atoms in total. The van der Waals surface area contributed by atoms with Crippen LogP contribution in [0.3, 0.4) is 0 Å². The molecule has 0 fully saturated rings. The summed E-state index contributed by atoms with van der Waals surface area (Å²) in [6, 6.07) is -0.418. The van der Waals surface area contributed by atoms with Gasteiger partial charge in [-0.2, -0.15) is 0 Å². The summed E-state index contributed by atoms with van der Waals surface area (Å²) < 4.78 is 28.4. The van der Waals surface area contributed by atoms with E-state index in [1.807, 2.05) is 0 Å². The van der Waals surface area contributed by atoms with E-state index in [2.05, 4.69) is 15.4 Å². The van der Waals surface area contributed by atoms with Gasteiger partial charge in [-0.1, -0.05) is 0 Å². The fourth-order valence-electron chi connectivity index (χ4n) is 1.01. The number of sulfonamides is 1. The summed E-state index contributed by atoms with van der Waals surface area (Å²) in [6.07, 6.45) is 1.53. The van der Waals surface area contributed by atoms with Crippen molar-refractivity contribution < 1.29 is 27.9 Å². The number of hydrogen-bond acceptors (Lipinski definition) is 5. The summed E-state index contributed by atoms with van der Waals surface area (Å²) >= 11 is 0. The molecular formula is C9H19N3O6S. The number of carboxylic acids is 1. The molecule has 0 aliphatic heterocycles. The first-order valence-electron chi connectivity index (χ1n) is 5.57. The molecule has 0 saturated carbocycles. The molecule has 0 bridgehead atoms. The number of nitrogens with one attached hydrogen (secondary N) is 3. The Balaban J connectivity index is 3.38. The molecule has 0 spiro atoms. The summed E-state index contributed by atoms with van der Waals surface area (Å²) in [5.74, 6) is -1.07. The third-order valence-corrected chi connectivity index (χ3v) is 2.49. The Hall–Kier alpha value is -1.39. The second-order valence-corrected chi connectivity index (χ2v) is 5.48. The molecule has 0 radical (unpaired) electrons. The molecule has 0 aromatic heterocycles. The first-order chi connectivity index (χ1) is 8.81. The quantitative estimate of drug-likeness (QED) is 0.356. The van der Waals surface area contributed by atoms with E-state index in [9.17, 15) is 18.0 Å². The van der Waals surface area contributed by atoms with Crippen LogP contribution >= 0.6 is 0 Å². The number of rotatable bonds is 10. The van der Waals surface area contributed by atoms with Crippen molar-refractivity contribution in [1.29, 1.82) is 0 Å². The Kier molecular flexibility index (Phi) is 8.83. The zero-order chi connectivity index (χ0) is 14.7. The van der Waals surface area contributed by atoms with Gasteiger partial charge in [0.2, 0.25) is 10.0 Å². The number of carbonyl (C=O) groups is 2. The Morgan fingerprint density at radius 2 is 1.79 bits per heavy atom. The van der Waals surface area contributed by atoms with Crippen molar-refractivity contribution in [2.75, 3.05) is 39.1 Å². The van der Waals surface area contributed by atoms with Crippen molar-refractivity contribution in [1.82, 2.24) is 15.4 Å². The first-order valence-corrected chi connectivity index (χ1v) is 7.46. The van der Waals surface area contributed by atoms with Crippen molar-refractivity contribution >= 4 is 22.0 Å². The maximum atomic E-state index is 11.2. The molecule has 0 unspecified atom stereocenters. The van der Waals surface area contributed by atoms with Crippen LogP contribution in [0.4, 0.5) is 4.79 Å². The molecule has 0 aliphatic rings. The zero-order valence-electron chi connectivity index (χ0n) is 10.6. The molecule has 19 heavy (non-hydrogen) atoms. The second kappa shape index (κ2) is 9.53. The normalized spacial score (nSPS) is 11.0. The van der Waals surface area contributed by atoms with Crippen molar-refractivity contribution in [3.8, 4) is 0 Å². The minimum atomic E-state index is -3.20. The highest BCUT2D eigenvalue weighted by Crippen LogP contribution is 1.79. The van der Waals surface area contributed by atoms with E-state index in [1.165, 1.54) is 0 Å². The van der Waals surface area contributed by atoms with Crippen LogP contribution in [0.5, 0.6) is 0 Å². The monoisotopic (exact) mass is 297 g/mol. The topological polar surface area (TPSA) is 134 Å². The molecule has 0 aromatic rings. The molecular weight excluding hydrogens is 278 g/mol. The third kappa shape index (κ3) is 14.6. The Labute approximate surface area is 111 Å². The van der Waals surface area contributed by atoms with E-state index in [0.717, 1.165) is 6.26 Å². The van der Waals surface area contributed by atoms with Gasteiger partial charge >= 0.3 is 12.0 Å². The minimum absolute atomic E-state index is 0.107. The van der Waals surface area contributed by atoms with Gasteiger partial charge in [0.15, 0.2) is 0 Å². The Bertz CT molecular complexity index is 383. The van der Waals surface area contributed by atoms with Gasteiger partial charge in [-0.05, 0) is 6.42 Å². The summed E-state index contributed by atoms with van der Waals surface area (Å²) in [7, 11) is -3.20. The summed E-state index contributed by atoms with van der Waals surface area (Å²) in [5.41, 5.74) is 0. The van der Waals surface area contributed by atoms with Crippen LogP contribution in [-0.4, -0.2) is 64.6 Å². The van der Waals surface area contributed by atoms with E-state index in [0.29, 0.717) is 13.0 Å². The van der Waals surface area contributed by atoms with Gasteiger partial charge in [0, 0.05) is 19.6 Å². The second-order valence-electron chi connectivity index (χ2n) is 3.65. The van der Waals surface area contributed by atoms with Gasteiger partial charge in [-0.25, -0.2) is 22.7 Å². The van der Waals surface area contributed by atoms with E-state index in [1.54, 1.807) is 0 Å². The van der Waals surface area contributed by atoms with Gasteiger partial charge in [0.25, 0.3) is 0 Å². The van der Waals surface area contributed by atoms with E-state index in [-0.39, 0.29) is 19.7 Å². The number of carboxylic acid groups (broad SMARTS) is 1. The third-order valence-electron chi connectivity index (χ3n) is 1.76. The van der Waals surface area contributed by atoms with E-state index >= 15 is 0 Å². The van der Waals surface area contributed by atoms with Crippen molar-refractivity contribution in [2.24, 2.45) is 0 Å². The highest BCUT2D eigenvalue weighted by molar-refractivity contribution is 7.88. The first kappa shape index (κ1) is 17.6. The lowest BCUT2D eigenvalue weighted by Gasteiger charge is -2.07. The summed E-state index contributed by atoms with van der Waals surface area (Å²) in [6.45, 7) is 0.474. The van der Waals surface area contributed by atoms with Gasteiger partial charge in [0.1, 0.15) is 6.61 Å². The lowest BCUT2D eigenvalue weighted by atomic mass is 10.4. The SMILES string of the molecule is CS(=O)(=O)NCCCNC(=O)NCCOCC(=O)O. The molecule has 2 amide bonds. The molecule has 4 N–H and O–H groups in total. The smallest absolute Gasteiger partial charge is 0.329 e. The average Bonchev–Trinajstić information content (AvgIpc) is 2.26. The van der Waals surface area contributed by atoms with Crippen molar-refractivity contribution in [2.45, 2.75) is 6.42 Å². The maximum Gasteiger partial charge on any atom is 0.329 e. The number of urea groups is 1. The average molecular weight is 297 g/mol. The molecule has 0 aromatic carbocycles. The zero-order valence-corrected chi connectivity index (χ0v) is 11.5. The number of amides is 2. The molecule has 0 rings (SSSR count). The molecule has 10 heteroatoms. The fraction of sp³-hybridized carbons (Fsp3) is 0.778. The lowest BCUT2D eigenvalue weighted by Crippen LogP contribution is -2.38.